The number of nitrogens with zero attached hydrogens (tertiary/aromatic N) is 6. The standard InChI is InChI=1S/C26H26N6O2S/c1-34-22-12-10-21(11-13-22)32-25(23-9-5-6-14-27-23)28-29-26(32)35-19-24(33)31-17-15-30(16-18-31)20-7-3-2-4-8-20/h2-14H,15-19H2,1H3. The Bertz CT molecular complexity index is 1260. The Hall–Kier alpha value is -3.85. The minimum absolute atomic E-state index is 0.103. The van der Waals surface area contributed by atoms with Crippen molar-refractivity contribution in [1.82, 2.24) is 24.6 Å². The van der Waals surface area contributed by atoms with Crippen LogP contribution in [0, 0.1) is 0 Å². The molecule has 0 spiro atoms. The van der Waals surface area contributed by atoms with Gasteiger partial charge in [-0.2, -0.15) is 0 Å². The van der Waals surface area contributed by atoms with Crippen LogP contribution in [0.1, 0.15) is 0 Å². The highest BCUT2D eigenvalue weighted by atomic mass is 32.2. The molecular formula is C26H26N6O2S. The molecule has 2 aromatic carbocycles. The lowest BCUT2D eigenvalue weighted by Crippen LogP contribution is -2.49. The van der Waals surface area contributed by atoms with Crippen molar-refractivity contribution in [2.24, 2.45) is 0 Å². The number of carbonyl (C=O) groups is 1. The van der Waals surface area contributed by atoms with Gasteiger partial charge in [0, 0.05) is 38.1 Å². The summed E-state index contributed by atoms with van der Waals surface area (Å²) < 4.78 is 7.24. The van der Waals surface area contributed by atoms with E-state index in [9.17, 15) is 4.79 Å². The second kappa shape index (κ2) is 10.6. The first-order valence-electron chi connectivity index (χ1n) is 11.4. The lowest BCUT2D eigenvalue weighted by atomic mass is 10.2. The largest absolute Gasteiger partial charge is 0.497 e. The molecule has 0 bridgehead atoms. The van der Waals surface area contributed by atoms with Crippen LogP contribution in [0.4, 0.5) is 5.69 Å². The van der Waals surface area contributed by atoms with Crippen LogP contribution in [-0.4, -0.2) is 69.6 Å². The fourth-order valence-electron chi connectivity index (χ4n) is 4.06. The van der Waals surface area contributed by atoms with Crippen molar-refractivity contribution in [3.05, 3.63) is 79.0 Å². The number of rotatable bonds is 7. The highest BCUT2D eigenvalue weighted by Gasteiger charge is 2.23. The number of thioether (sulfide) groups is 1. The van der Waals surface area contributed by atoms with Crippen LogP contribution in [-0.2, 0) is 4.79 Å². The smallest absolute Gasteiger partial charge is 0.233 e. The predicted octanol–water partition coefficient (Wildman–Crippen LogP) is 3.78. The first kappa shape index (κ1) is 22.9. The fraction of sp³-hybridized carbons (Fsp3) is 0.231. The average molecular weight is 487 g/mol. The van der Waals surface area contributed by atoms with E-state index in [4.69, 9.17) is 4.74 Å². The van der Waals surface area contributed by atoms with Gasteiger partial charge in [-0.05, 0) is 48.5 Å². The SMILES string of the molecule is COc1ccc(-n2c(SCC(=O)N3CCN(c4ccccc4)CC3)nnc2-c2ccccn2)cc1. The molecule has 0 unspecified atom stereocenters. The van der Waals surface area contributed by atoms with E-state index in [1.54, 1.807) is 13.3 Å². The number of methoxy groups -OCH3 is 1. The highest BCUT2D eigenvalue weighted by molar-refractivity contribution is 7.99. The molecule has 2 aromatic heterocycles. The zero-order valence-electron chi connectivity index (χ0n) is 19.4. The second-order valence-corrected chi connectivity index (χ2v) is 8.99. The van der Waals surface area contributed by atoms with E-state index in [2.05, 4.69) is 32.2 Å². The molecule has 9 heteroatoms. The van der Waals surface area contributed by atoms with Crippen LogP contribution in [0.3, 0.4) is 0 Å². The summed E-state index contributed by atoms with van der Waals surface area (Å²) in [6, 6.07) is 23.7. The molecule has 1 fully saturated rings. The molecule has 4 aromatic rings. The van der Waals surface area contributed by atoms with E-state index in [0.29, 0.717) is 35.5 Å². The molecule has 3 heterocycles. The van der Waals surface area contributed by atoms with Gasteiger partial charge in [0.2, 0.25) is 5.91 Å². The number of piperazine rings is 1. The highest BCUT2D eigenvalue weighted by Crippen LogP contribution is 2.28. The van der Waals surface area contributed by atoms with Gasteiger partial charge in [0.05, 0.1) is 18.6 Å². The number of anilines is 1. The Morgan fingerprint density at radius 1 is 0.886 bits per heavy atom. The van der Waals surface area contributed by atoms with Gasteiger partial charge in [-0.15, -0.1) is 10.2 Å². The number of aromatic nitrogens is 4. The summed E-state index contributed by atoms with van der Waals surface area (Å²) >= 11 is 1.39. The average Bonchev–Trinajstić information content (AvgIpc) is 3.37. The molecule has 0 N–H and O–H groups in total. The second-order valence-electron chi connectivity index (χ2n) is 8.05. The van der Waals surface area contributed by atoms with E-state index in [1.807, 2.05) is 70.1 Å². The van der Waals surface area contributed by atoms with E-state index >= 15 is 0 Å². The molecule has 0 radical (unpaired) electrons. The van der Waals surface area contributed by atoms with Crippen molar-refractivity contribution in [3.63, 3.8) is 0 Å². The fourth-order valence-corrected chi connectivity index (χ4v) is 4.91. The van der Waals surface area contributed by atoms with E-state index in [0.717, 1.165) is 24.5 Å². The maximum absolute atomic E-state index is 13.0. The number of ether oxygens (including phenoxy) is 1. The third kappa shape index (κ3) is 5.14. The molecule has 0 saturated carbocycles. The summed E-state index contributed by atoms with van der Waals surface area (Å²) in [6.45, 7) is 3.07. The van der Waals surface area contributed by atoms with Crippen molar-refractivity contribution in [2.45, 2.75) is 5.16 Å². The molecule has 1 aliphatic rings. The maximum atomic E-state index is 13.0. The van der Waals surface area contributed by atoms with Crippen molar-refractivity contribution in [2.75, 3.05) is 43.9 Å². The molecule has 178 valence electrons. The quantitative estimate of drug-likeness (QED) is 0.368. The van der Waals surface area contributed by atoms with Gasteiger partial charge in [-0.25, -0.2) is 0 Å². The van der Waals surface area contributed by atoms with E-state index < -0.39 is 0 Å². The number of amides is 1. The van der Waals surface area contributed by atoms with Gasteiger partial charge in [-0.3, -0.25) is 14.3 Å². The molecule has 8 nitrogen and oxygen atoms in total. The molecule has 1 aliphatic heterocycles. The Labute approximate surface area is 208 Å². The predicted molar refractivity (Wildman–Crippen MR) is 137 cm³/mol. The lowest BCUT2D eigenvalue weighted by molar-refractivity contribution is -0.128. The molecule has 5 rings (SSSR count). The third-order valence-electron chi connectivity index (χ3n) is 5.94. The number of pyridine rings is 1. The summed E-state index contributed by atoms with van der Waals surface area (Å²) in [4.78, 5) is 21.7. The summed E-state index contributed by atoms with van der Waals surface area (Å²) in [6.07, 6.45) is 1.73. The third-order valence-corrected chi connectivity index (χ3v) is 6.85. The summed E-state index contributed by atoms with van der Waals surface area (Å²) in [5.74, 6) is 1.79. The van der Waals surface area contributed by atoms with Gasteiger partial charge < -0.3 is 14.5 Å². The molecule has 1 amide bonds. The molecular weight excluding hydrogens is 460 g/mol. The first-order valence-corrected chi connectivity index (χ1v) is 12.4. The van der Waals surface area contributed by atoms with Gasteiger partial charge in [0.1, 0.15) is 11.4 Å². The van der Waals surface area contributed by atoms with E-state index in [1.165, 1.54) is 17.4 Å². The minimum atomic E-state index is 0.103. The monoisotopic (exact) mass is 486 g/mol. The summed E-state index contributed by atoms with van der Waals surface area (Å²) in [7, 11) is 1.64. The number of para-hydroxylation sites is 1. The number of benzene rings is 2. The summed E-state index contributed by atoms with van der Waals surface area (Å²) in [5, 5.41) is 9.46. The Morgan fingerprint density at radius 2 is 1.63 bits per heavy atom. The van der Waals surface area contributed by atoms with Crippen LogP contribution in [0.25, 0.3) is 17.2 Å². The Morgan fingerprint density at radius 3 is 2.31 bits per heavy atom. The Kier molecular flexibility index (Phi) is 6.94. The van der Waals surface area contributed by atoms with Gasteiger partial charge in [-0.1, -0.05) is 36.0 Å². The van der Waals surface area contributed by atoms with Gasteiger partial charge in [0.25, 0.3) is 0 Å². The topological polar surface area (TPSA) is 76.4 Å². The molecule has 0 aliphatic carbocycles. The van der Waals surface area contributed by atoms with Gasteiger partial charge >= 0.3 is 0 Å². The molecule has 1 saturated heterocycles. The van der Waals surface area contributed by atoms with E-state index in [-0.39, 0.29) is 5.91 Å². The lowest BCUT2D eigenvalue weighted by Gasteiger charge is -2.36. The zero-order chi connectivity index (χ0) is 24.0. The molecule has 35 heavy (non-hydrogen) atoms. The van der Waals surface area contributed by atoms with Crippen molar-refractivity contribution >= 4 is 23.4 Å². The number of hydrogen-bond donors (Lipinski definition) is 0. The van der Waals surface area contributed by atoms with Crippen LogP contribution in [0.15, 0.2) is 84.1 Å². The van der Waals surface area contributed by atoms with Crippen LogP contribution >= 0.6 is 11.8 Å². The maximum Gasteiger partial charge on any atom is 0.233 e. The first-order chi connectivity index (χ1) is 17.2. The van der Waals surface area contributed by atoms with Gasteiger partial charge in [0.15, 0.2) is 11.0 Å². The minimum Gasteiger partial charge on any atom is -0.497 e. The van der Waals surface area contributed by atoms with Crippen molar-refractivity contribution in [3.8, 4) is 23.0 Å². The van der Waals surface area contributed by atoms with Crippen LogP contribution in [0.2, 0.25) is 0 Å². The summed E-state index contributed by atoms with van der Waals surface area (Å²) in [5.41, 5.74) is 2.79. The molecule has 0 atom stereocenters. The number of hydrogen-bond acceptors (Lipinski definition) is 7. The Balaban J connectivity index is 1.30. The van der Waals surface area contributed by atoms with Crippen LogP contribution in [0.5, 0.6) is 5.75 Å². The van der Waals surface area contributed by atoms with Crippen molar-refractivity contribution < 1.29 is 9.53 Å². The zero-order valence-corrected chi connectivity index (χ0v) is 20.3. The number of carbonyl (C=O) groups excluding carboxylic acids is 1. The van der Waals surface area contributed by atoms with Crippen LogP contribution < -0.4 is 9.64 Å². The van der Waals surface area contributed by atoms with Crippen molar-refractivity contribution in [1.29, 1.82) is 0 Å². The normalized spacial score (nSPS) is 13.6.